The molecule has 0 aromatic rings. The summed E-state index contributed by atoms with van der Waals surface area (Å²) < 4.78 is 109. The van der Waals surface area contributed by atoms with Crippen LogP contribution in [0.1, 0.15) is 41.5 Å². The second-order valence-electron chi connectivity index (χ2n) is 21.8. The minimum absolute atomic E-state index is 0.0629. The minimum Gasteiger partial charge on any atom is -0.394 e. The van der Waals surface area contributed by atoms with Gasteiger partial charge in [-0.1, -0.05) is 13.8 Å². The van der Waals surface area contributed by atoms with Crippen molar-refractivity contribution in [3.05, 3.63) is 0 Å². The molecule has 0 radical (unpaired) electrons. The molecule has 0 bridgehead atoms. The van der Waals surface area contributed by atoms with E-state index >= 15 is 0 Å². The van der Waals surface area contributed by atoms with Crippen molar-refractivity contribution in [2.75, 3.05) is 126 Å². The first-order valence-corrected chi connectivity index (χ1v) is 29.2. The lowest BCUT2D eigenvalue weighted by Gasteiger charge is -2.51. The maximum Gasteiger partial charge on any atom is 0.187 e. The van der Waals surface area contributed by atoms with Crippen LogP contribution in [0.3, 0.4) is 0 Å². The summed E-state index contributed by atoms with van der Waals surface area (Å²) in [6.45, 7) is 3.29. The van der Waals surface area contributed by atoms with Crippen molar-refractivity contribution in [3.63, 3.8) is 0 Å². The Morgan fingerprint density at radius 2 is 0.635 bits per heavy atom. The maximum absolute atomic E-state index is 12.3. The third kappa shape index (κ3) is 20.9. The van der Waals surface area contributed by atoms with E-state index in [1.54, 1.807) is 27.7 Å². The Labute approximate surface area is 494 Å². The smallest absolute Gasteiger partial charge is 0.187 e. The first-order chi connectivity index (χ1) is 40.8. The average molecular weight is 1250 g/mol. The van der Waals surface area contributed by atoms with Gasteiger partial charge in [0.15, 0.2) is 31.5 Å². The van der Waals surface area contributed by atoms with Crippen molar-refractivity contribution in [2.45, 2.75) is 201 Å². The number of aliphatic hydroxyl groups is 14. The van der Waals surface area contributed by atoms with Crippen LogP contribution in [0.5, 0.6) is 0 Å². The molecule has 5 heterocycles. The lowest BCUT2D eigenvalue weighted by molar-refractivity contribution is -0.395. The zero-order chi connectivity index (χ0) is 62.3. The van der Waals surface area contributed by atoms with E-state index in [1.807, 2.05) is 13.8 Å². The summed E-state index contributed by atoms with van der Waals surface area (Å²) in [5.41, 5.74) is 0. The number of rotatable bonds is 39. The lowest BCUT2D eigenvalue weighted by Crippen LogP contribution is -2.68. The van der Waals surface area contributed by atoms with Crippen LogP contribution < -0.4 is 0 Å². The van der Waals surface area contributed by atoms with Crippen LogP contribution in [-0.4, -0.2) is 357 Å². The van der Waals surface area contributed by atoms with E-state index in [-0.39, 0.29) is 78.6 Å². The maximum atomic E-state index is 12.3. The van der Waals surface area contributed by atoms with Gasteiger partial charge in [0, 0.05) is 5.92 Å². The molecule has 0 amide bonds. The van der Waals surface area contributed by atoms with Crippen molar-refractivity contribution in [1.82, 2.24) is 0 Å². The molecule has 25 unspecified atom stereocenters. The Kier molecular flexibility index (Phi) is 33.8. The molecule has 0 saturated carbocycles. The Balaban J connectivity index is 1.54. The van der Waals surface area contributed by atoms with Gasteiger partial charge in [-0.05, 0) is 33.6 Å². The van der Waals surface area contributed by atoms with E-state index in [2.05, 4.69) is 0 Å². The minimum atomic E-state index is -2.12. The third-order valence-electron chi connectivity index (χ3n) is 14.5. The zero-order valence-corrected chi connectivity index (χ0v) is 49.2. The van der Waals surface area contributed by atoms with Crippen molar-refractivity contribution in [2.24, 2.45) is 11.8 Å². The van der Waals surface area contributed by atoms with Crippen LogP contribution >= 0.6 is 0 Å². The second-order valence-corrected chi connectivity index (χ2v) is 21.8. The molecule has 5 saturated heterocycles. The highest BCUT2D eigenvalue weighted by atomic mass is 16.8. The highest BCUT2D eigenvalue weighted by molar-refractivity contribution is 5.00. The van der Waals surface area contributed by atoms with Gasteiger partial charge in [-0.3, -0.25) is 0 Å². The van der Waals surface area contributed by atoms with Crippen LogP contribution in [0.2, 0.25) is 0 Å². The molecule has 502 valence electrons. The lowest BCUT2D eigenvalue weighted by atomic mass is 9.81. The molecule has 0 spiro atoms. The average Bonchev–Trinajstić information content (AvgIpc) is 1.77. The van der Waals surface area contributed by atoms with E-state index in [0.29, 0.717) is 0 Å². The Bertz CT molecular complexity index is 1740. The summed E-state index contributed by atoms with van der Waals surface area (Å²) >= 11 is 0. The van der Waals surface area contributed by atoms with Crippen molar-refractivity contribution >= 4 is 0 Å². The molecular formula is C53H98O32. The fourth-order valence-electron chi connectivity index (χ4n) is 10.8. The van der Waals surface area contributed by atoms with E-state index in [9.17, 15) is 71.5 Å². The number of hydrogen-bond acceptors (Lipinski definition) is 32. The SMILES string of the molecule is CC(C)OC1OC(COCCO)C(OCC2OC(OC3C(COCCO)OC(OC(C)C)C(OCCO)C3O)C(O)C(O)C2OC2OC(CO)C(OC3OC(COCCO)C(C(C)C)C(O)C3OCCO)C(O)C2OCCO)C(O)C1OCCO. The first kappa shape index (κ1) is 74.4. The Morgan fingerprint density at radius 1 is 0.306 bits per heavy atom. The molecular weight excluding hydrogens is 1150 g/mol. The number of hydrogen-bond donors (Lipinski definition) is 14. The number of ether oxygens (including phenoxy) is 18. The quantitative estimate of drug-likeness (QED) is 0.0254. The van der Waals surface area contributed by atoms with E-state index in [4.69, 9.17) is 85.3 Å². The van der Waals surface area contributed by atoms with Gasteiger partial charge in [0.05, 0.1) is 150 Å². The van der Waals surface area contributed by atoms with Crippen LogP contribution in [0.25, 0.3) is 0 Å². The van der Waals surface area contributed by atoms with Gasteiger partial charge in [0.25, 0.3) is 0 Å². The normalized spacial score (nSPS) is 39.4. The summed E-state index contributed by atoms with van der Waals surface area (Å²) in [6.07, 6.45) is -38.2. The van der Waals surface area contributed by atoms with Gasteiger partial charge in [0.2, 0.25) is 0 Å². The number of aliphatic hydroxyl groups excluding tert-OH is 14. The van der Waals surface area contributed by atoms with Crippen LogP contribution in [-0.2, 0) is 85.3 Å². The Hall–Kier alpha value is -1.28. The molecule has 0 aromatic carbocycles. The summed E-state index contributed by atoms with van der Waals surface area (Å²) in [5, 5.41) is 151. The van der Waals surface area contributed by atoms with Gasteiger partial charge in [-0.2, -0.15) is 0 Å². The predicted molar refractivity (Wildman–Crippen MR) is 283 cm³/mol. The monoisotopic (exact) mass is 1250 g/mol. The molecule has 5 fully saturated rings. The highest BCUT2D eigenvalue weighted by Crippen LogP contribution is 2.39. The standard InChI is InChI=1S/C53H98O32/c1-26(2)34-30(22-68-14-7-54)79-52(45(35(34)62)71-17-10-57)84-42-29(21-61)78-53(48(39(42)66)74-20-13-60)85-43-33(25-75-41-31(23-69-15-8-55)81-50(76-27(3)4)46(38(41)65)72-18-11-58)80-49(37(64)36(43)63)83-44-32(24-70-16-9-56)82-51(77-28(5)6)47(40(44)67)73-19-12-59/h26-67H,7-25H2,1-6H3. The molecule has 5 aliphatic rings. The zero-order valence-electron chi connectivity index (χ0n) is 49.2. The van der Waals surface area contributed by atoms with Gasteiger partial charge in [0.1, 0.15) is 104 Å². The third-order valence-corrected chi connectivity index (χ3v) is 14.5. The fraction of sp³-hybridized carbons (Fsp3) is 1.00. The van der Waals surface area contributed by atoms with Gasteiger partial charge < -0.3 is 157 Å². The molecule has 32 heteroatoms. The fourth-order valence-corrected chi connectivity index (χ4v) is 10.8. The van der Waals surface area contributed by atoms with Crippen LogP contribution in [0, 0.1) is 11.8 Å². The second kappa shape index (κ2) is 38.5. The molecule has 85 heavy (non-hydrogen) atoms. The summed E-state index contributed by atoms with van der Waals surface area (Å²) in [6, 6.07) is 0. The van der Waals surface area contributed by atoms with E-state index in [1.165, 1.54) is 0 Å². The molecule has 32 nitrogen and oxygen atoms in total. The summed E-state index contributed by atoms with van der Waals surface area (Å²) in [5.74, 6) is -0.862. The van der Waals surface area contributed by atoms with E-state index in [0.717, 1.165) is 0 Å². The molecule has 25 atom stereocenters. The first-order valence-electron chi connectivity index (χ1n) is 29.2. The Morgan fingerprint density at radius 3 is 1.06 bits per heavy atom. The van der Waals surface area contributed by atoms with Crippen LogP contribution in [0.4, 0.5) is 0 Å². The predicted octanol–water partition coefficient (Wildman–Crippen LogP) is -7.03. The van der Waals surface area contributed by atoms with Gasteiger partial charge in [-0.15, -0.1) is 0 Å². The van der Waals surface area contributed by atoms with Crippen molar-refractivity contribution < 1.29 is 157 Å². The van der Waals surface area contributed by atoms with E-state index < -0.39 is 218 Å². The van der Waals surface area contributed by atoms with Gasteiger partial charge in [-0.25, -0.2) is 0 Å². The summed E-state index contributed by atoms with van der Waals surface area (Å²) in [4.78, 5) is 0. The van der Waals surface area contributed by atoms with Gasteiger partial charge >= 0.3 is 0 Å². The van der Waals surface area contributed by atoms with Crippen molar-refractivity contribution in [1.29, 1.82) is 0 Å². The molecule has 5 rings (SSSR count). The highest BCUT2D eigenvalue weighted by Gasteiger charge is 2.58. The van der Waals surface area contributed by atoms with Crippen LogP contribution in [0.15, 0.2) is 0 Å². The molecule has 0 aliphatic carbocycles. The molecule has 14 N–H and O–H groups in total. The van der Waals surface area contributed by atoms with Crippen molar-refractivity contribution in [3.8, 4) is 0 Å². The molecule has 0 aromatic heterocycles. The largest absolute Gasteiger partial charge is 0.394 e. The molecule has 5 aliphatic heterocycles. The topological polar surface area (TPSA) is 449 Å². The summed E-state index contributed by atoms with van der Waals surface area (Å²) in [7, 11) is 0.